The molecule has 4 rings (SSSR count). The number of ketones is 1. The third-order valence-electron chi connectivity index (χ3n) is 4.78. The van der Waals surface area contributed by atoms with E-state index < -0.39 is 17.7 Å². The Morgan fingerprint density at radius 1 is 1.00 bits per heavy atom. The highest BCUT2D eigenvalue weighted by molar-refractivity contribution is 6.46. The van der Waals surface area contributed by atoms with Gasteiger partial charge in [-0.15, -0.1) is 0 Å². The maximum atomic E-state index is 12.6. The van der Waals surface area contributed by atoms with Gasteiger partial charge < -0.3 is 10.0 Å². The van der Waals surface area contributed by atoms with Gasteiger partial charge in [-0.1, -0.05) is 54.6 Å². The van der Waals surface area contributed by atoms with Gasteiger partial charge in [0.05, 0.1) is 11.6 Å². The second-order valence-corrected chi connectivity index (χ2v) is 6.16. The molecule has 1 unspecified atom stereocenters. The minimum Gasteiger partial charge on any atom is -0.507 e. The van der Waals surface area contributed by atoms with Crippen LogP contribution in [-0.4, -0.2) is 28.2 Å². The van der Waals surface area contributed by atoms with Gasteiger partial charge >= 0.3 is 0 Å². The third-order valence-corrected chi connectivity index (χ3v) is 4.78. The van der Waals surface area contributed by atoms with Crippen molar-refractivity contribution >= 4 is 17.4 Å². The minimum absolute atomic E-state index is 0.0989. The topological polar surface area (TPSA) is 57.6 Å². The van der Waals surface area contributed by atoms with Crippen molar-refractivity contribution in [3.63, 3.8) is 0 Å². The van der Waals surface area contributed by atoms with Crippen LogP contribution in [0.15, 0.2) is 60.2 Å². The van der Waals surface area contributed by atoms with Crippen LogP contribution in [0.4, 0.5) is 0 Å². The predicted molar refractivity (Wildman–Crippen MR) is 90.2 cm³/mol. The van der Waals surface area contributed by atoms with Crippen LogP contribution in [0.3, 0.4) is 0 Å². The van der Waals surface area contributed by atoms with Crippen molar-refractivity contribution in [3.05, 3.63) is 76.9 Å². The van der Waals surface area contributed by atoms with E-state index in [9.17, 15) is 14.7 Å². The van der Waals surface area contributed by atoms with Crippen molar-refractivity contribution in [2.24, 2.45) is 0 Å². The van der Waals surface area contributed by atoms with E-state index in [1.54, 1.807) is 29.2 Å². The molecule has 2 heterocycles. The molecule has 0 spiro atoms. The van der Waals surface area contributed by atoms with E-state index in [1.165, 1.54) is 0 Å². The lowest BCUT2D eigenvalue weighted by molar-refractivity contribution is -0.139. The molecule has 0 radical (unpaired) electrons. The fraction of sp³-hybridized carbons (Fsp3) is 0.200. The van der Waals surface area contributed by atoms with E-state index in [0.29, 0.717) is 12.1 Å². The molecule has 120 valence electrons. The Kier molecular flexibility index (Phi) is 3.45. The number of amides is 1. The maximum absolute atomic E-state index is 12.6. The van der Waals surface area contributed by atoms with Crippen molar-refractivity contribution in [1.29, 1.82) is 0 Å². The van der Waals surface area contributed by atoms with Crippen LogP contribution in [0.1, 0.15) is 29.2 Å². The molecule has 4 heteroatoms. The van der Waals surface area contributed by atoms with Crippen molar-refractivity contribution in [1.82, 2.24) is 4.90 Å². The molecule has 2 aliphatic heterocycles. The molecule has 1 saturated heterocycles. The first kappa shape index (κ1) is 14.7. The van der Waals surface area contributed by atoms with Crippen molar-refractivity contribution in [3.8, 4) is 0 Å². The van der Waals surface area contributed by atoms with Gasteiger partial charge in [-0.05, 0) is 24.0 Å². The summed E-state index contributed by atoms with van der Waals surface area (Å²) in [6.07, 6.45) is 1.68. The zero-order chi connectivity index (χ0) is 16.7. The number of nitrogens with zero attached hydrogens (tertiary/aromatic N) is 1. The average Bonchev–Trinajstić information content (AvgIpc) is 2.77. The van der Waals surface area contributed by atoms with Crippen LogP contribution in [0.25, 0.3) is 5.76 Å². The Labute approximate surface area is 140 Å². The summed E-state index contributed by atoms with van der Waals surface area (Å²) in [5.74, 6) is -1.22. The summed E-state index contributed by atoms with van der Waals surface area (Å²) in [6, 6.07) is 16.3. The number of hydrogen-bond donors (Lipinski definition) is 1. The van der Waals surface area contributed by atoms with Crippen LogP contribution >= 0.6 is 0 Å². The molecule has 1 amide bonds. The van der Waals surface area contributed by atoms with E-state index in [2.05, 4.69) is 0 Å². The Morgan fingerprint density at radius 2 is 1.71 bits per heavy atom. The lowest BCUT2D eigenvalue weighted by atomic mass is 9.92. The van der Waals surface area contributed by atoms with E-state index in [4.69, 9.17) is 0 Å². The van der Waals surface area contributed by atoms with Crippen molar-refractivity contribution in [2.75, 3.05) is 6.54 Å². The summed E-state index contributed by atoms with van der Waals surface area (Å²) < 4.78 is 0. The summed E-state index contributed by atoms with van der Waals surface area (Å²) in [4.78, 5) is 26.7. The molecule has 0 bridgehead atoms. The molecule has 2 aromatic rings. The SMILES string of the molecule is O=C1C(=O)N2CCCc3ccccc3C2/C1=C(\O)c1ccccc1. The summed E-state index contributed by atoms with van der Waals surface area (Å²) >= 11 is 0. The van der Waals surface area contributed by atoms with Crippen molar-refractivity contribution in [2.45, 2.75) is 18.9 Å². The fourth-order valence-corrected chi connectivity index (χ4v) is 3.65. The normalized spacial score (nSPS) is 22.0. The fourth-order valence-electron chi connectivity index (χ4n) is 3.65. The Hall–Kier alpha value is -2.88. The van der Waals surface area contributed by atoms with Crippen LogP contribution in [-0.2, 0) is 16.0 Å². The number of rotatable bonds is 1. The van der Waals surface area contributed by atoms with E-state index >= 15 is 0 Å². The Morgan fingerprint density at radius 3 is 2.50 bits per heavy atom. The standard InChI is InChI=1S/C20H17NO3/c22-18(14-8-2-1-3-9-14)16-17-15-11-5-4-7-13(15)10-6-12-21(17)20(24)19(16)23/h1-5,7-9,11,17,22H,6,10,12H2/b18-16+. The lowest BCUT2D eigenvalue weighted by Crippen LogP contribution is -2.29. The van der Waals surface area contributed by atoms with Gasteiger partial charge in [-0.3, -0.25) is 9.59 Å². The minimum atomic E-state index is -0.599. The van der Waals surface area contributed by atoms with E-state index in [-0.39, 0.29) is 11.3 Å². The first-order valence-corrected chi connectivity index (χ1v) is 8.10. The van der Waals surface area contributed by atoms with Gasteiger partial charge in [-0.2, -0.15) is 0 Å². The first-order chi connectivity index (χ1) is 11.7. The molecule has 1 fully saturated rings. The number of aryl methyl sites for hydroxylation is 1. The van der Waals surface area contributed by atoms with E-state index in [0.717, 1.165) is 24.0 Å². The maximum Gasteiger partial charge on any atom is 0.295 e. The second-order valence-electron chi connectivity index (χ2n) is 6.16. The van der Waals surface area contributed by atoms with Gasteiger partial charge in [0.25, 0.3) is 11.7 Å². The van der Waals surface area contributed by atoms with Crippen molar-refractivity contribution < 1.29 is 14.7 Å². The molecule has 1 N–H and O–H groups in total. The monoisotopic (exact) mass is 319 g/mol. The van der Waals surface area contributed by atoms with Gasteiger partial charge in [0.1, 0.15) is 5.76 Å². The van der Waals surface area contributed by atoms with Gasteiger partial charge in [0, 0.05) is 12.1 Å². The summed E-state index contributed by atoms with van der Waals surface area (Å²) in [5, 5.41) is 10.7. The van der Waals surface area contributed by atoms with Crippen LogP contribution < -0.4 is 0 Å². The largest absolute Gasteiger partial charge is 0.507 e. The highest BCUT2D eigenvalue weighted by Crippen LogP contribution is 2.42. The Balaban J connectivity index is 1.94. The summed E-state index contributed by atoms with van der Waals surface area (Å²) in [5.41, 5.74) is 2.82. The number of aliphatic hydroxyl groups is 1. The average molecular weight is 319 g/mol. The molecule has 1 atom stereocenters. The van der Waals surface area contributed by atoms with Gasteiger partial charge in [0.15, 0.2) is 0 Å². The third kappa shape index (κ3) is 2.14. The molecular formula is C20H17NO3. The zero-order valence-corrected chi connectivity index (χ0v) is 13.1. The van der Waals surface area contributed by atoms with Gasteiger partial charge in [-0.25, -0.2) is 0 Å². The Bertz CT molecular complexity index is 854. The number of benzene rings is 2. The predicted octanol–water partition coefficient (Wildman–Crippen LogP) is 3.05. The number of carbonyl (C=O) groups excluding carboxylic acids is 2. The van der Waals surface area contributed by atoms with Crippen LogP contribution in [0.5, 0.6) is 0 Å². The van der Waals surface area contributed by atoms with E-state index in [1.807, 2.05) is 30.3 Å². The molecule has 0 aliphatic carbocycles. The smallest absolute Gasteiger partial charge is 0.295 e. The quantitative estimate of drug-likeness (QED) is 0.499. The summed E-state index contributed by atoms with van der Waals surface area (Å²) in [6.45, 7) is 0.523. The number of hydrogen-bond acceptors (Lipinski definition) is 3. The zero-order valence-electron chi connectivity index (χ0n) is 13.1. The van der Waals surface area contributed by atoms with Crippen LogP contribution in [0, 0.1) is 0 Å². The van der Waals surface area contributed by atoms with Gasteiger partial charge in [0.2, 0.25) is 0 Å². The summed E-state index contributed by atoms with van der Waals surface area (Å²) in [7, 11) is 0. The molecule has 24 heavy (non-hydrogen) atoms. The molecule has 0 aromatic heterocycles. The van der Waals surface area contributed by atoms with Crippen LogP contribution in [0.2, 0.25) is 0 Å². The molecule has 2 aliphatic rings. The first-order valence-electron chi connectivity index (χ1n) is 8.10. The molecule has 4 nitrogen and oxygen atoms in total. The highest BCUT2D eigenvalue weighted by atomic mass is 16.3. The molecule has 0 saturated carbocycles. The highest BCUT2D eigenvalue weighted by Gasteiger charge is 2.47. The number of aliphatic hydroxyl groups excluding tert-OH is 1. The number of Topliss-reactive ketones (excluding diaryl/α,β-unsaturated/α-hetero) is 1. The second kappa shape index (κ2) is 5.64. The lowest BCUT2D eigenvalue weighted by Gasteiger charge is -2.23. The number of carbonyl (C=O) groups is 2. The molecular weight excluding hydrogens is 302 g/mol. The number of fused-ring (bicyclic) bond motifs is 3. The molecule has 2 aromatic carbocycles.